The Hall–Kier alpha value is -2.34. The highest BCUT2D eigenvalue weighted by Gasteiger charge is 2.12. The molecule has 7 heteroatoms. The number of imidazole rings is 1. The van der Waals surface area contributed by atoms with Crippen molar-refractivity contribution in [3.8, 4) is 5.69 Å². The summed E-state index contributed by atoms with van der Waals surface area (Å²) in [6, 6.07) is 4.95. The summed E-state index contributed by atoms with van der Waals surface area (Å²) in [7, 11) is 1.63. The maximum absolute atomic E-state index is 12.0. The zero-order chi connectivity index (χ0) is 13.6. The quantitative estimate of drug-likeness (QED) is 0.676. The fraction of sp³-hybridized carbons (Fsp3) is 0.0833. The molecule has 0 bridgehead atoms. The molecule has 0 aliphatic carbocycles. The summed E-state index contributed by atoms with van der Waals surface area (Å²) in [5.41, 5.74) is 0.689. The molecule has 3 heterocycles. The molecular weight excluding hydrogens is 268 g/mol. The molecule has 0 saturated heterocycles. The van der Waals surface area contributed by atoms with Crippen LogP contribution in [0.1, 0.15) is 0 Å². The molecule has 1 N–H and O–H groups in total. The van der Waals surface area contributed by atoms with Gasteiger partial charge >= 0.3 is 5.69 Å². The highest BCUT2D eigenvalue weighted by molar-refractivity contribution is 6.29. The fourth-order valence-electron chi connectivity index (χ4n) is 1.95. The Morgan fingerprint density at radius 1 is 1.26 bits per heavy atom. The zero-order valence-electron chi connectivity index (χ0n) is 9.92. The Morgan fingerprint density at radius 3 is 2.74 bits per heavy atom. The minimum absolute atomic E-state index is 0.254. The molecule has 3 aromatic rings. The van der Waals surface area contributed by atoms with Crippen LogP contribution < -0.4 is 11.2 Å². The van der Waals surface area contributed by atoms with Crippen LogP contribution in [-0.4, -0.2) is 19.1 Å². The van der Waals surface area contributed by atoms with Crippen molar-refractivity contribution in [2.24, 2.45) is 7.05 Å². The van der Waals surface area contributed by atoms with Crippen molar-refractivity contribution in [3.05, 3.63) is 56.6 Å². The molecule has 0 radical (unpaired) electrons. The smallest absolute Gasteiger partial charge is 0.317 e. The minimum atomic E-state index is -0.387. The standard InChI is InChI=1S/C12H9ClN4O2/c1-16-5-4-8-10(11(16)18)15-12(19)17(8)7-2-3-9(13)14-6-7/h2-6H,1H3,(H,15,19). The first kappa shape index (κ1) is 11.7. The van der Waals surface area contributed by atoms with E-state index in [1.807, 2.05) is 0 Å². The van der Waals surface area contributed by atoms with Crippen molar-refractivity contribution in [3.63, 3.8) is 0 Å². The van der Waals surface area contributed by atoms with Crippen LogP contribution >= 0.6 is 11.6 Å². The fourth-order valence-corrected chi connectivity index (χ4v) is 2.06. The maximum atomic E-state index is 12.0. The van der Waals surface area contributed by atoms with E-state index in [1.54, 1.807) is 31.4 Å². The van der Waals surface area contributed by atoms with Gasteiger partial charge in [-0.1, -0.05) is 11.6 Å². The third-order valence-corrected chi connectivity index (χ3v) is 3.12. The minimum Gasteiger partial charge on any atom is -0.317 e. The van der Waals surface area contributed by atoms with Crippen LogP contribution in [0.4, 0.5) is 0 Å². The first-order chi connectivity index (χ1) is 9.08. The van der Waals surface area contributed by atoms with Crippen LogP contribution in [-0.2, 0) is 7.05 Å². The molecule has 19 heavy (non-hydrogen) atoms. The number of fused-ring (bicyclic) bond motifs is 1. The Morgan fingerprint density at radius 2 is 2.05 bits per heavy atom. The third-order valence-electron chi connectivity index (χ3n) is 2.89. The lowest BCUT2D eigenvalue weighted by atomic mass is 10.3. The van der Waals surface area contributed by atoms with Gasteiger partial charge in [-0.3, -0.25) is 9.36 Å². The average Bonchev–Trinajstić information content (AvgIpc) is 2.73. The molecule has 96 valence electrons. The zero-order valence-corrected chi connectivity index (χ0v) is 10.7. The molecule has 0 aliphatic rings. The molecule has 6 nitrogen and oxygen atoms in total. The van der Waals surface area contributed by atoms with E-state index < -0.39 is 0 Å². The normalized spacial score (nSPS) is 11.1. The van der Waals surface area contributed by atoms with Crippen molar-refractivity contribution in [1.82, 2.24) is 19.1 Å². The number of aryl methyl sites for hydroxylation is 1. The molecule has 0 atom stereocenters. The van der Waals surface area contributed by atoms with Crippen molar-refractivity contribution in [1.29, 1.82) is 0 Å². The summed E-state index contributed by atoms with van der Waals surface area (Å²) in [6.45, 7) is 0. The van der Waals surface area contributed by atoms with Gasteiger partial charge in [0.25, 0.3) is 5.56 Å². The van der Waals surface area contributed by atoms with Crippen molar-refractivity contribution < 1.29 is 0 Å². The van der Waals surface area contributed by atoms with Gasteiger partial charge in [-0.2, -0.15) is 0 Å². The van der Waals surface area contributed by atoms with Gasteiger partial charge in [0.1, 0.15) is 10.7 Å². The number of nitrogens with zero attached hydrogens (tertiary/aromatic N) is 3. The summed E-state index contributed by atoms with van der Waals surface area (Å²) in [5, 5.41) is 0.340. The predicted molar refractivity (Wildman–Crippen MR) is 71.9 cm³/mol. The van der Waals surface area contributed by atoms with Crippen molar-refractivity contribution in [2.75, 3.05) is 0 Å². The highest BCUT2D eigenvalue weighted by atomic mass is 35.5. The Balaban J connectivity index is 2.39. The summed E-state index contributed by atoms with van der Waals surface area (Å²) < 4.78 is 2.79. The second-order valence-corrected chi connectivity index (χ2v) is 4.48. The van der Waals surface area contributed by atoms with E-state index in [2.05, 4.69) is 9.97 Å². The largest absolute Gasteiger partial charge is 0.331 e. The van der Waals surface area contributed by atoms with Gasteiger partial charge in [-0.05, 0) is 18.2 Å². The molecule has 0 aromatic carbocycles. The first-order valence-electron chi connectivity index (χ1n) is 5.50. The maximum Gasteiger partial charge on any atom is 0.331 e. The monoisotopic (exact) mass is 276 g/mol. The second kappa shape index (κ2) is 4.10. The van der Waals surface area contributed by atoms with Gasteiger partial charge in [0.2, 0.25) is 0 Å². The van der Waals surface area contributed by atoms with E-state index in [4.69, 9.17) is 11.6 Å². The van der Waals surface area contributed by atoms with E-state index in [0.717, 1.165) is 0 Å². The van der Waals surface area contributed by atoms with E-state index in [0.29, 0.717) is 16.4 Å². The van der Waals surface area contributed by atoms with Crippen LogP contribution in [0.15, 0.2) is 40.2 Å². The van der Waals surface area contributed by atoms with Gasteiger partial charge in [0.15, 0.2) is 0 Å². The molecule has 0 fully saturated rings. The number of H-pyrrole nitrogens is 1. The summed E-state index contributed by atoms with van der Waals surface area (Å²) in [6.07, 6.45) is 3.09. The summed E-state index contributed by atoms with van der Waals surface area (Å²) in [4.78, 5) is 30.4. The van der Waals surface area contributed by atoms with Gasteiger partial charge in [-0.15, -0.1) is 0 Å². The molecule has 3 aromatic heterocycles. The summed E-state index contributed by atoms with van der Waals surface area (Å²) >= 11 is 5.72. The predicted octanol–water partition coefficient (Wildman–Crippen LogP) is 1.07. The van der Waals surface area contributed by atoms with Crippen LogP contribution in [0.2, 0.25) is 5.15 Å². The number of nitrogens with one attached hydrogen (secondary N) is 1. The Labute approximate surface area is 111 Å². The second-order valence-electron chi connectivity index (χ2n) is 4.10. The lowest BCUT2D eigenvalue weighted by Gasteiger charge is -2.03. The van der Waals surface area contributed by atoms with Crippen molar-refractivity contribution in [2.45, 2.75) is 0 Å². The number of halogens is 1. The molecule has 3 rings (SSSR count). The number of aromatic nitrogens is 4. The molecule has 0 aliphatic heterocycles. The topological polar surface area (TPSA) is 72.7 Å². The first-order valence-corrected chi connectivity index (χ1v) is 5.88. The Bertz CT molecular complexity index is 873. The molecule has 0 saturated carbocycles. The lowest BCUT2D eigenvalue weighted by Crippen LogP contribution is -2.15. The number of hydrogen-bond acceptors (Lipinski definition) is 3. The lowest BCUT2D eigenvalue weighted by molar-refractivity contribution is 0.869. The molecule has 0 unspecified atom stereocenters. The van der Waals surface area contributed by atoms with E-state index in [-0.39, 0.29) is 16.8 Å². The molecular formula is C12H9ClN4O2. The molecule has 0 amide bonds. The number of aromatic amines is 1. The summed E-state index contributed by atoms with van der Waals surface area (Å²) in [5.74, 6) is 0. The van der Waals surface area contributed by atoms with E-state index in [1.165, 1.54) is 15.3 Å². The van der Waals surface area contributed by atoms with Gasteiger partial charge in [0.05, 0.1) is 17.4 Å². The van der Waals surface area contributed by atoms with Crippen LogP contribution in [0.25, 0.3) is 16.7 Å². The van der Waals surface area contributed by atoms with Gasteiger partial charge in [0, 0.05) is 13.2 Å². The molecule has 0 spiro atoms. The third kappa shape index (κ3) is 1.77. The number of hydrogen-bond donors (Lipinski definition) is 1. The van der Waals surface area contributed by atoms with Gasteiger partial charge in [-0.25, -0.2) is 9.78 Å². The highest BCUT2D eigenvalue weighted by Crippen LogP contribution is 2.13. The van der Waals surface area contributed by atoms with Gasteiger partial charge < -0.3 is 9.55 Å². The number of pyridine rings is 2. The van der Waals surface area contributed by atoms with Crippen LogP contribution in [0.5, 0.6) is 0 Å². The van der Waals surface area contributed by atoms with Crippen LogP contribution in [0.3, 0.4) is 0 Å². The van der Waals surface area contributed by atoms with E-state index in [9.17, 15) is 9.59 Å². The van der Waals surface area contributed by atoms with E-state index >= 15 is 0 Å². The van der Waals surface area contributed by atoms with Crippen molar-refractivity contribution >= 4 is 22.6 Å². The van der Waals surface area contributed by atoms with Crippen LogP contribution in [0, 0.1) is 0 Å². The Kier molecular flexibility index (Phi) is 2.53. The number of rotatable bonds is 1. The average molecular weight is 277 g/mol. The SMILES string of the molecule is Cn1ccc2c([nH]c(=O)n2-c2ccc(Cl)nc2)c1=O.